The van der Waals surface area contributed by atoms with Crippen LogP contribution in [0.3, 0.4) is 0 Å². The maximum absolute atomic E-state index is 12.5. The summed E-state index contributed by atoms with van der Waals surface area (Å²) in [4.78, 5) is 16.8. The second kappa shape index (κ2) is 5.17. The molecule has 4 nitrogen and oxygen atoms in total. The Hall–Kier alpha value is -0.610. The van der Waals surface area contributed by atoms with Crippen molar-refractivity contribution in [2.75, 3.05) is 39.3 Å². The van der Waals surface area contributed by atoms with Crippen molar-refractivity contribution >= 4 is 5.91 Å². The fraction of sp³-hybridized carbons (Fsp3) is 0.929. The summed E-state index contributed by atoms with van der Waals surface area (Å²) in [6.07, 6.45) is 5.10. The highest BCUT2D eigenvalue weighted by atomic mass is 16.3. The molecule has 2 saturated carbocycles. The minimum Gasteiger partial charge on any atom is -0.395 e. The normalized spacial score (nSPS) is 36.3. The van der Waals surface area contributed by atoms with Gasteiger partial charge < -0.3 is 10.0 Å². The quantitative estimate of drug-likeness (QED) is 0.798. The standard InChI is InChI=1S/C14H24N2O2/c17-8-7-15-3-5-16(6-4-15)14(18)13-10-11-1-2-12(13)9-11/h11-13,17H,1-10H2. The average molecular weight is 252 g/mol. The lowest BCUT2D eigenvalue weighted by atomic mass is 9.87. The molecule has 102 valence electrons. The fourth-order valence-corrected chi connectivity index (χ4v) is 4.11. The molecule has 3 aliphatic rings. The van der Waals surface area contributed by atoms with Crippen LogP contribution >= 0.6 is 0 Å². The molecule has 1 saturated heterocycles. The van der Waals surface area contributed by atoms with E-state index < -0.39 is 0 Å². The molecule has 0 aromatic heterocycles. The molecular formula is C14H24N2O2. The van der Waals surface area contributed by atoms with Crippen LogP contribution < -0.4 is 0 Å². The Morgan fingerprint density at radius 2 is 1.89 bits per heavy atom. The van der Waals surface area contributed by atoms with Gasteiger partial charge in [-0.2, -0.15) is 0 Å². The smallest absolute Gasteiger partial charge is 0.226 e. The minimum atomic E-state index is 0.223. The van der Waals surface area contributed by atoms with Crippen molar-refractivity contribution in [1.29, 1.82) is 0 Å². The summed E-state index contributed by atoms with van der Waals surface area (Å²) < 4.78 is 0. The third-order valence-corrected chi connectivity index (χ3v) is 5.16. The molecule has 0 aromatic rings. The van der Waals surface area contributed by atoms with E-state index in [1.165, 1.54) is 19.3 Å². The molecule has 3 unspecified atom stereocenters. The monoisotopic (exact) mass is 252 g/mol. The molecule has 1 N–H and O–H groups in total. The van der Waals surface area contributed by atoms with Crippen molar-refractivity contribution in [2.24, 2.45) is 17.8 Å². The van der Waals surface area contributed by atoms with Crippen LogP contribution in [0.25, 0.3) is 0 Å². The summed E-state index contributed by atoms with van der Waals surface area (Å²) in [5.74, 6) is 2.30. The molecule has 1 amide bonds. The van der Waals surface area contributed by atoms with Gasteiger partial charge in [-0.15, -0.1) is 0 Å². The van der Waals surface area contributed by atoms with E-state index in [9.17, 15) is 4.79 Å². The lowest BCUT2D eigenvalue weighted by Gasteiger charge is -2.37. The summed E-state index contributed by atoms with van der Waals surface area (Å²) in [6.45, 7) is 4.52. The Kier molecular flexibility index (Phi) is 3.57. The van der Waals surface area contributed by atoms with E-state index in [0.29, 0.717) is 17.7 Å². The number of nitrogens with zero attached hydrogens (tertiary/aromatic N) is 2. The number of aliphatic hydroxyl groups excluding tert-OH is 1. The zero-order valence-electron chi connectivity index (χ0n) is 11.1. The van der Waals surface area contributed by atoms with Gasteiger partial charge in [-0.05, 0) is 31.1 Å². The Morgan fingerprint density at radius 3 is 2.44 bits per heavy atom. The van der Waals surface area contributed by atoms with Crippen LogP contribution in [0.2, 0.25) is 0 Å². The second-order valence-corrected chi connectivity index (χ2v) is 6.17. The Labute approximate surface area is 109 Å². The summed E-state index contributed by atoms with van der Waals surface area (Å²) in [5.41, 5.74) is 0. The summed E-state index contributed by atoms with van der Waals surface area (Å²) >= 11 is 0. The van der Waals surface area contributed by atoms with Crippen molar-refractivity contribution in [3.05, 3.63) is 0 Å². The predicted octanol–water partition coefficient (Wildman–Crippen LogP) is 0.559. The zero-order chi connectivity index (χ0) is 12.5. The van der Waals surface area contributed by atoms with Gasteiger partial charge in [0.15, 0.2) is 0 Å². The number of β-amino-alcohol motifs (C(OH)–C–C–N with tert-alkyl or cyclic N) is 1. The molecule has 0 radical (unpaired) electrons. The molecule has 0 spiro atoms. The minimum absolute atomic E-state index is 0.223. The van der Waals surface area contributed by atoms with Crippen molar-refractivity contribution < 1.29 is 9.90 Å². The number of rotatable bonds is 3. The lowest BCUT2D eigenvalue weighted by Crippen LogP contribution is -2.51. The highest BCUT2D eigenvalue weighted by Crippen LogP contribution is 2.48. The van der Waals surface area contributed by atoms with Gasteiger partial charge in [-0.1, -0.05) is 6.42 Å². The molecule has 3 rings (SSSR count). The summed E-state index contributed by atoms with van der Waals surface area (Å²) in [7, 11) is 0. The Bertz CT molecular complexity index is 313. The van der Waals surface area contributed by atoms with E-state index in [4.69, 9.17) is 5.11 Å². The van der Waals surface area contributed by atoms with Gasteiger partial charge in [-0.25, -0.2) is 0 Å². The van der Waals surface area contributed by atoms with Crippen LogP contribution in [0.1, 0.15) is 25.7 Å². The first-order chi connectivity index (χ1) is 8.78. The average Bonchev–Trinajstić information content (AvgIpc) is 3.01. The van der Waals surface area contributed by atoms with Gasteiger partial charge in [0.2, 0.25) is 5.91 Å². The molecule has 0 aromatic carbocycles. The van der Waals surface area contributed by atoms with Gasteiger partial charge in [0.25, 0.3) is 0 Å². The molecule has 4 heteroatoms. The number of fused-ring (bicyclic) bond motifs is 2. The number of piperazine rings is 1. The SMILES string of the molecule is O=C(C1CC2CCC1C2)N1CCN(CCO)CC1. The van der Waals surface area contributed by atoms with Gasteiger partial charge >= 0.3 is 0 Å². The van der Waals surface area contributed by atoms with Crippen LogP contribution in [0.15, 0.2) is 0 Å². The van der Waals surface area contributed by atoms with Gasteiger partial charge in [-0.3, -0.25) is 9.69 Å². The lowest BCUT2D eigenvalue weighted by molar-refractivity contribution is -0.139. The molecule has 3 fully saturated rings. The van der Waals surface area contributed by atoms with Crippen molar-refractivity contribution in [3.63, 3.8) is 0 Å². The third kappa shape index (κ3) is 2.28. The molecule has 2 bridgehead atoms. The Morgan fingerprint density at radius 1 is 1.11 bits per heavy atom. The van der Waals surface area contributed by atoms with E-state index in [1.54, 1.807) is 0 Å². The van der Waals surface area contributed by atoms with Crippen molar-refractivity contribution in [1.82, 2.24) is 9.80 Å². The number of hydrogen-bond acceptors (Lipinski definition) is 3. The van der Waals surface area contributed by atoms with Gasteiger partial charge in [0, 0.05) is 38.6 Å². The number of amides is 1. The maximum Gasteiger partial charge on any atom is 0.226 e. The summed E-state index contributed by atoms with van der Waals surface area (Å²) in [6, 6.07) is 0. The van der Waals surface area contributed by atoms with Crippen LogP contribution in [0.4, 0.5) is 0 Å². The molecular weight excluding hydrogens is 228 g/mol. The van der Waals surface area contributed by atoms with Crippen LogP contribution in [-0.2, 0) is 4.79 Å². The fourth-order valence-electron chi connectivity index (χ4n) is 4.11. The molecule has 2 aliphatic carbocycles. The Balaban J connectivity index is 1.52. The van der Waals surface area contributed by atoms with E-state index in [0.717, 1.165) is 45.1 Å². The number of carbonyl (C=O) groups is 1. The molecule has 1 heterocycles. The van der Waals surface area contributed by atoms with Gasteiger partial charge in [0.05, 0.1) is 6.61 Å². The van der Waals surface area contributed by atoms with E-state index in [1.807, 2.05) is 0 Å². The number of carbonyl (C=O) groups excluding carboxylic acids is 1. The predicted molar refractivity (Wildman–Crippen MR) is 69.0 cm³/mol. The number of hydrogen-bond donors (Lipinski definition) is 1. The van der Waals surface area contributed by atoms with Gasteiger partial charge in [0.1, 0.15) is 0 Å². The molecule has 3 atom stereocenters. The third-order valence-electron chi connectivity index (χ3n) is 5.16. The maximum atomic E-state index is 12.5. The number of aliphatic hydroxyl groups is 1. The topological polar surface area (TPSA) is 43.8 Å². The first-order valence-electron chi connectivity index (χ1n) is 7.40. The van der Waals surface area contributed by atoms with E-state index in [-0.39, 0.29) is 6.61 Å². The largest absolute Gasteiger partial charge is 0.395 e. The first-order valence-corrected chi connectivity index (χ1v) is 7.40. The molecule has 18 heavy (non-hydrogen) atoms. The second-order valence-electron chi connectivity index (χ2n) is 6.17. The molecule has 1 aliphatic heterocycles. The van der Waals surface area contributed by atoms with Crippen LogP contribution in [0, 0.1) is 17.8 Å². The first kappa shape index (κ1) is 12.4. The summed E-state index contributed by atoms with van der Waals surface area (Å²) in [5, 5.41) is 8.92. The van der Waals surface area contributed by atoms with Crippen LogP contribution in [-0.4, -0.2) is 60.1 Å². The highest BCUT2D eigenvalue weighted by molar-refractivity contribution is 5.79. The zero-order valence-corrected chi connectivity index (χ0v) is 11.1. The van der Waals surface area contributed by atoms with Crippen molar-refractivity contribution in [2.45, 2.75) is 25.7 Å². The van der Waals surface area contributed by atoms with Crippen molar-refractivity contribution in [3.8, 4) is 0 Å². The van der Waals surface area contributed by atoms with E-state index in [2.05, 4.69) is 9.80 Å². The van der Waals surface area contributed by atoms with E-state index >= 15 is 0 Å². The highest BCUT2D eigenvalue weighted by Gasteiger charge is 2.44. The van der Waals surface area contributed by atoms with Crippen LogP contribution in [0.5, 0.6) is 0 Å².